The third kappa shape index (κ3) is 12.4. The van der Waals surface area contributed by atoms with Crippen molar-refractivity contribution in [1.29, 1.82) is 0 Å². The molecular weight excluding hydrogens is 342 g/mol. The van der Waals surface area contributed by atoms with Crippen LogP contribution in [0, 0.1) is 0 Å². The molecule has 0 atom stereocenters. The van der Waals surface area contributed by atoms with E-state index in [4.69, 9.17) is 5.11 Å². The first-order valence-corrected chi connectivity index (χ1v) is 10.9. The summed E-state index contributed by atoms with van der Waals surface area (Å²) >= 11 is 0. The Kier molecular flexibility index (Phi) is 13.4. The third-order valence-electron chi connectivity index (χ3n) is 5.21. The van der Waals surface area contributed by atoms with Gasteiger partial charge in [0, 0.05) is 25.1 Å². The number of hydrogen-bond donors (Lipinski definition) is 3. The van der Waals surface area contributed by atoms with Crippen LogP contribution in [0.4, 0.5) is 0 Å². The monoisotopic (exact) mass is 381 g/mol. The summed E-state index contributed by atoms with van der Waals surface area (Å²) in [6.07, 6.45) is 18.5. The highest BCUT2D eigenvalue weighted by Gasteiger charge is 2.04. The molecule has 5 heteroatoms. The Hall–Kier alpha value is -1.65. The molecule has 27 heavy (non-hydrogen) atoms. The fourth-order valence-electron chi connectivity index (χ4n) is 3.52. The maximum atomic E-state index is 10.4. The van der Waals surface area contributed by atoms with E-state index in [1.165, 1.54) is 82.8 Å². The van der Waals surface area contributed by atoms with Gasteiger partial charge in [-0.05, 0) is 12.8 Å². The van der Waals surface area contributed by atoms with Crippen LogP contribution in [-0.4, -0.2) is 25.9 Å². The Balaban J connectivity index is 1.75. The fourth-order valence-corrected chi connectivity index (χ4v) is 3.52. The number of aromatic hydroxyl groups is 2. The molecule has 3 N–H and O–H groups in total. The number of rotatable bonds is 18. The molecule has 0 aliphatic heterocycles. The van der Waals surface area contributed by atoms with E-state index >= 15 is 0 Å². The first kappa shape index (κ1) is 23.4. The Bertz CT molecular complexity index is 479. The zero-order valence-corrected chi connectivity index (χ0v) is 16.9. The first-order valence-electron chi connectivity index (χ1n) is 10.9. The number of carboxylic acids is 1. The second kappa shape index (κ2) is 15.4. The number of aromatic nitrogens is 1. The second-order valence-electron chi connectivity index (χ2n) is 7.65. The summed E-state index contributed by atoms with van der Waals surface area (Å²) in [6, 6.07) is 3.05. The predicted molar refractivity (Wildman–Crippen MR) is 109 cm³/mol. The smallest absolute Gasteiger partial charge is 0.303 e. The van der Waals surface area contributed by atoms with E-state index in [-0.39, 0.29) is 11.8 Å². The van der Waals surface area contributed by atoms with Gasteiger partial charge in [-0.15, -0.1) is 0 Å². The van der Waals surface area contributed by atoms with Crippen LogP contribution in [0.5, 0.6) is 11.8 Å². The molecule has 0 saturated heterocycles. The van der Waals surface area contributed by atoms with E-state index < -0.39 is 5.97 Å². The van der Waals surface area contributed by atoms with Gasteiger partial charge < -0.3 is 15.3 Å². The molecule has 1 aromatic rings. The number of carboxylic acid groups (broad SMARTS) is 1. The molecule has 0 fully saturated rings. The van der Waals surface area contributed by atoms with Crippen molar-refractivity contribution in [3.63, 3.8) is 0 Å². The summed E-state index contributed by atoms with van der Waals surface area (Å²) in [7, 11) is 0. The lowest BCUT2D eigenvalue weighted by Gasteiger charge is -2.06. The Morgan fingerprint density at radius 1 is 0.630 bits per heavy atom. The molecule has 1 heterocycles. The van der Waals surface area contributed by atoms with Crippen LogP contribution in [0.3, 0.4) is 0 Å². The van der Waals surface area contributed by atoms with Gasteiger partial charge in [-0.25, -0.2) is 0 Å². The van der Waals surface area contributed by atoms with Gasteiger partial charge in [-0.3, -0.25) is 9.36 Å². The van der Waals surface area contributed by atoms with Gasteiger partial charge in [-0.2, -0.15) is 0 Å². The molecule has 0 amide bonds. The summed E-state index contributed by atoms with van der Waals surface area (Å²) in [5.41, 5.74) is 0. The molecule has 1 rings (SSSR count). The number of aliphatic carboxylic acids is 1. The summed E-state index contributed by atoms with van der Waals surface area (Å²) < 4.78 is 1.55. The second-order valence-corrected chi connectivity index (χ2v) is 7.65. The summed E-state index contributed by atoms with van der Waals surface area (Å²) in [6.45, 7) is 0.685. The normalized spacial score (nSPS) is 11.1. The van der Waals surface area contributed by atoms with Crippen LogP contribution in [0.2, 0.25) is 0 Å². The lowest BCUT2D eigenvalue weighted by atomic mass is 10.0. The Labute approximate surface area is 164 Å². The van der Waals surface area contributed by atoms with E-state index in [1.807, 2.05) is 0 Å². The molecule has 0 unspecified atom stereocenters. The van der Waals surface area contributed by atoms with E-state index in [0.717, 1.165) is 25.7 Å². The minimum atomic E-state index is -0.674. The van der Waals surface area contributed by atoms with Crippen LogP contribution in [0.15, 0.2) is 12.1 Å². The minimum Gasteiger partial charge on any atom is -0.494 e. The van der Waals surface area contributed by atoms with Crippen LogP contribution >= 0.6 is 0 Å². The first-order chi connectivity index (χ1) is 13.1. The predicted octanol–water partition coefficient (Wildman–Crippen LogP) is 6.23. The van der Waals surface area contributed by atoms with Crippen molar-refractivity contribution in [2.24, 2.45) is 0 Å². The average molecular weight is 382 g/mol. The fraction of sp³-hybridized carbons (Fsp3) is 0.773. The minimum absolute atomic E-state index is 0.144. The van der Waals surface area contributed by atoms with E-state index in [1.54, 1.807) is 4.57 Å². The van der Waals surface area contributed by atoms with Crippen molar-refractivity contribution in [3.8, 4) is 11.8 Å². The highest BCUT2D eigenvalue weighted by Crippen LogP contribution is 2.22. The lowest BCUT2D eigenvalue weighted by molar-refractivity contribution is -0.137. The lowest BCUT2D eigenvalue weighted by Crippen LogP contribution is -1.96. The summed E-state index contributed by atoms with van der Waals surface area (Å²) in [4.78, 5) is 10.4. The van der Waals surface area contributed by atoms with Crippen molar-refractivity contribution >= 4 is 5.97 Å². The molecule has 0 aromatic carbocycles. The number of hydrogen-bond acceptors (Lipinski definition) is 3. The van der Waals surface area contributed by atoms with Gasteiger partial charge in [0.05, 0.1) is 0 Å². The Morgan fingerprint density at radius 3 is 1.33 bits per heavy atom. The number of unbranched alkanes of at least 4 members (excludes halogenated alkanes) is 14. The summed E-state index contributed by atoms with van der Waals surface area (Å²) in [5.74, 6) is -0.385. The molecule has 0 aliphatic rings. The highest BCUT2D eigenvalue weighted by molar-refractivity contribution is 5.66. The van der Waals surface area contributed by atoms with E-state index in [0.29, 0.717) is 13.0 Å². The van der Waals surface area contributed by atoms with Crippen molar-refractivity contribution in [3.05, 3.63) is 12.1 Å². The maximum Gasteiger partial charge on any atom is 0.303 e. The quantitative estimate of drug-likeness (QED) is 0.263. The molecule has 1 aromatic heterocycles. The Morgan fingerprint density at radius 2 is 0.963 bits per heavy atom. The average Bonchev–Trinajstić information content (AvgIpc) is 2.95. The van der Waals surface area contributed by atoms with Crippen molar-refractivity contribution in [2.75, 3.05) is 0 Å². The standard InChI is InChI=1S/C22H39NO4/c24-20-17-18-21(25)23(20)19-15-13-11-9-7-5-3-1-2-4-6-8-10-12-14-16-22(26)27/h17-18,24-25H,1-16,19H2,(H,26,27). The third-order valence-corrected chi connectivity index (χ3v) is 5.21. The SMILES string of the molecule is O=C(O)CCCCCCCCCCCCCCCCCn1c(O)ccc1O. The van der Waals surface area contributed by atoms with Gasteiger partial charge in [0.15, 0.2) is 11.8 Å². The van der Waals surface area contributed by atoms with Crippen molar-refractivity contribution in [1.82, 2.24) is 4.57 Å². The number of nitrogens with zero attached hydrogens (tertiary/aromatic N) is 1. The van der Waals surface area contributed by atoms with Crippen molar-refractivity contribution in [2.45, 2.75) is 109 Å². The molecular formula is C22H39NO4. The topological polar surface area (TPSA) is 82.7 Å². The molecule has 0 aliphatic carbocycles. The highest BCUT2D eigenvalue weighted by atomic mass is 16.4. The van der Waals surface area contributed by atoms with Gasteiger partial charge in [-0.1, -0.05) is 83.5 Å². The summed E-state index contributed by atoms with van der Waals surface area (Å²) in [5, 5.41) is 27.7. The maximum absolute atomic E-state index is 10.4. The van der Waals surface area contributed by atoms with Gasteiger partial charge in [0.25, 0.3) is 0 Å². The molecule has 5 nitrogen and oxygen atoms in total. The molecule has 0 bridgehead atoms. The number of carbonyl (C=O) groups is 1. The van der Waals surface area contributed by atoms with E-state index in [9.17, 15) is 15.0 Å². The van der Waals surface area contributed by atoms with Gasteiger partial charge in [0.1, 0.15) is 0 Å². The van der Waals surface area contributed by atoms with Gasteiger partial charge >= 0.3 is 5.97 Å². The zero-order chi connectivity index (χ0) is 19.7. The molecule has 0 saturated carbocycles. The van der Waals surface area contributed by atoms with Crippen LogP contribution in [0.1, 0.15) is 103 Å². The van der Waals surface area contributed by atoms with E-state index in [2.05, 4.69) is 0 Å². The van der Waals surface area contributed by atoms with Crippen LogP contribution in [0.25, 0.3) is 0 Å². The van der Waals surface area contributed by atoms with Crippen LogP contribution in [-0.2, 0) is 11.3 Å². The van der Waals surface area contributed by atoms with Crippen LogP contribution < -0.4 is 0 Å². The molecule has 0 spiro atoms. The largest absolute Gasteiger partial charge is 0.494 e. The van der Waals surface area contributed by atoms with Gasteiger partial charge in [0.2, 0.25) is 0 Å². The molecule has 0 radical (unpaired) electrons. The van der Waals surface area contributed by atoms with Crippen molar-refractivity contribution < 1.29 is 20.1 Å². The molecule has 156 valence electrons. The zero-order valence-electron chi connectivity index (χ0n) is 16.9.